The van der Waals surface area contributed by atoms with E-state index >= 15 is 0 Å². The molecule has 0 aromatic rings. The Morgan fingerprint density at radius 2 is 0.557 bits per heavy atom. The van der Waals surface area contributed by atoms with Gasteiger partial charge in [0.2, 0.25) is 0 Å². The van der Waals surface area contributed by atoms with Crippen molar-refractivity contribution in [3.05, 3.63) is 0 Å². The monoisotopic (exact) mass is 2080 g/mol. The van der Waals surface area contributed by atoms with Gasteiger partial charge in [0.15, 0.2) is 38.1 Å². The molecule has 24 bridgehead atoms. The third-order valence-electron chi connectivity index (χ3n) is 44.0. The molecule has 840 valence electrons. The molecule has 0 N–H and O–H groups in total. The zero-order valence-electron chi connectivity index (χ0n) is 95.5. The van der Waals surface area contributed by atoms with Gasteiger partial charge in [0.05, 0.1) is 43.5 Å². The highest BCUT2D eigenvalue weighted by Gasteiger charge is 2.68. The van der Waals surface area contributed by atoms with Crippen LogP contribution in [0.15, 0.2) is 0 Å². The van der Waals surface area contributed by atoms with Gasteiger partial charge >= 0.3 is 71.6 Å². The van der Waals surface area contributed by atoms with Gasteiger partial charge in [-0.1, -0.05) is 75.2 Å². The second-order valence-electron chi connectivity index (χ2n) is 56.9. The number of hydrogen-bond donors (Lipinski definition) is 0. The van der Waals surface area contributed by atoms with Crippen molar-refractivity contribution >= 4 is 71.6 Å². The van der Waals surface area contributed by atoms with Gasteiger partial charge in [-0.2, -0.15) is 0 Å². The molecule has 26 aliphatic carbocycles. The van der Waals surface area contributed by atoms with Gasteiger partial charge < -0.3 is 61.6 Å². The van der Waals surface area contributed by atoms with Crippen LogP contribution in [0.2, 0.25) is 0 Å². The van der Waals surface area contributed by atoms with Crippen LogP contribution in [0.1, 0.15) is 460 Å². The van der Waals surface area contributed by atoms with E-state index in [4.69, 9.17) is 61.6 Å². The van der Waals surface area contributed by atoms with Crippen LogP contribution in [-0.2, 0) is 119 Å². The summed E-state index contributed by atoms with van der Waals surface area (Å²) in [5.41, 5.74) is -6.78. The summed E-state index contributed by atoms with van der Waals surface area (Å²) < 4.78 is 76.6. The second-order valence-corrected chi connectivity index (χ2v) is 56.9. The zero-order valence-corrected chi connectivity index (χ0v) is 95.5. The third kappa shape index (κ3) is 24.8. The van der Waals surface area contributed by atoms with Gasteiger partial charge in [-0.25, -0.2) is 24.0 Å². The van der Waals surface area contributed by atoms with E-state index in [1.165, 1.54) is 122 Å². The minimum Gasteiger partial charge on any atom is -0.461 e. The second kappa shape index (κ2) is 45.3. The maximum Gasteiger partial charge on any atom is 0.344 e. The predicted molar refractivity (Wildman–Crippen MR) is 561 cm³/mol. The lowest BCUT2D eigenvalue weighted by molar-refractivity contribution is -0.251. The molecule has 26 saturated carbocycles. The van der Waals surface area contributed by atoms with Crippen LogP contribution in [0.3, 0.4) is 0 Å². The van der Waals surface area contributed by atoms with Crippen molar-refractivity contribution in [2.24, 2.45) is 162 Å². The zero-order chi connectivity index (χ0) is 107. The summed E-state index contributed by atoms with van der Waals surface area (Å²) in [4.78, 5) is 152. The number of carbonyl (C=O) groups is 12. The average molecular weight is 2080 g/mol. The van der Waals surface area contributed by atoms with Gasteiger partial charge in [0.1, 0.15) is 41.2 Å². The molecule has 0 aliphatic heterocycles. The predicted octanol–water partition coefficient (Wildman–Crippen LogP) is 25.0. The highest BCUT2D eigenvalue weighted by molar-refractivity contribution is 5.84. The highest BCUT2D eigenvalue weighted by Crippen LogP contribution is 2.68. The highest BCUT2D eigenvalue weighted by atomic mass is 16.6. The van der Waals surface area contributed by atoms with Gasteiger partial charge in [-0.15, -0.1) is 0 Å². The topological polar surface area (TPSA) is 325 Å². The van der Waals surface area contributed by atoms with Crippen LogP contribution >= 0.6 is 0 Å². The van der Waals surface area contributed by atoms with E-state index in [-0.39, 0.29) is 132 Å². The fourth-order valence-electron chi connectivity index (χ4n) is 35.3. The smallest absolute Gasteiger partial charge is 0.344 e. The molecule has 0 aromatic carbocycles. The number of carbonyl (C=O) groups excluding carboxylic acids is 12. The van der Waals surface area contributed by atoms with Crippen molar-refractivity contribution in [3.8, 4) is 0 Å². The Kier molecular flexibility index (Phi) is 35.0. The Labute approximate surface area is 892 Å². The Morgan fingerprint density at radius 3 is 0.893 bits per heavy atom. The van der Waals surface area contributed by atoms with Gasteiger partial charge in [-0.3, -0.25) is 33.6 Å². The van der Waals surface area contributed by atoms with Crippen LogP contribution in [0.25, 0.3) is 0 Å². The maximum atomic E-state index is 13.7. The number of hydrogen-bond acceptors (Lipinski definition) is 25. The molecule has 0 radical (unpaired) electrons. The molecule has 0 aromatic heterocycles. The van der Waals surface area contributed by atoms with Crippen LogP contribution in [0.4, 0.5) is 0 Å². The summed E-state index contributed by atoms with van der Waals surface area (Å²) in [5.74, 6) is 8.90. The van der Waals surface area contributed by atoms with Gasteiger partial charge in [0, 0.05) is 18.3 Å². The summed E-state index contributed by atoms with van der Waals surface area (Å²) in [6, 6.07) is 0. The summed E-state index contributed by atoms with van der Waals surface area (Å²) >= 11 is 0. The Hall–Kier alpha value is -6.40. The summed E-state index contributed by atoms with van der Waals surface area (Å²) in [6.45, 7) is 37.8. The molecule has 0 spiro atoms. The maximum absolute atomic E-state index is 13.7. The molecule has 3 unspecified atom stereocenters. The Morgan fingerprint density at radius 1 is 0.268 bits per heavy atom. The van der Waals surface area contributed by atoms with E-state index in [0.29, 0.717) is 127 Å². The van der Waals surface area contributed by atoms with E-state index in [9.17, 15) is 57.5 Å². The molecular weight excluding hydrogens is 1890 g/mol. The normalized spacial score (nSPS) is 37.7. The first-order valence-electron chi connectivity index (χ1n) is 60.3. The van der Waals surface area contributed by atoms with Crippen LogP contribution in [0, 0.1) is 162 Å². The molecule has 25 heteroatoms. The lowest BCUT2D eigenvalue weighted by Gasteiger charge is -2.61. The third-order valence-corrected chi connectivity index (χ3v) is 44.0. The van der Waals surface area contributed by atoms with Gasteiger partial charge in [-0.05, 0) is 490 Å². The van der Waals surface area contributed by atoms with Crippen molar-refractivity contribution in [1.29, 1.82) is 0 Å². The summed E-state index contributed by atoms with van der Waals surface area (Å²) in [5, 5.41) is 0. The first kappa shape index (κ1) is 115. The van der Waals surface area contributed by atoms with Crippen molar-refractivity contribution in [2.45, 2.75) is 505 Å². The number of rotatable bonds is 36. The summed E-state index contributed by atoms with van der Waals surface area (Å²) in [7, 11) is 0. The fraction of sp³-hybridized carbons (Fsp3) is 0.903. The SMILES string of the molecule is CCC(C)(C)C(=O)OCC(=O)OC1(C(C)C)C2CC3CC(C2)CC1C3.CCC(C)(C)C(=O)OCC(=O)OC1(CC)C2CC3CC(C2)CC1C3.CCC(C)(C)C(=O)OCC(=O)OC1(COC(=O)C23CC4CC(CC(C4)C2)C3)C2CC3CC(C2)CC1C3.CCC(C)(C)C(=O)OCC(=O)OC1(COC(=O)C23CC4CC(CC(C4)C2)C3)CCCCC1.CCC1(OC(=O)C(C)OC23CC4CC(CC(OC(=O)C(C)(C)CC)(C4)C2)C3)CCCCC1. The largest absolute Gasteiger partial charge is 0.461 e. The lowest BCUT2D eigenvalue weighted by Crippen LogP contribution is -2.63. The average Bonchev–Trinajstić information content (AvgIpc) is 0.716. The van der Waals surface area contributed by atoms with Crippen molar-refractivity contribution in [2.75, 3.05) is 39.6 Å². The van der Waals surface area contributed by atoms with E-state index in [1.807, 2.05) is 96.9 Å². The number of esters is 12. The van der Waals surface area contributed by atoms with Gasteiger partial charge in [0.25, 0.3) is 0 Å². The minimum atomic E-state index is -0.792. The molecule has 0 amide bonds. The summed E-state index contributed by atoms with van der Waals surface area (Å²) in [6.07, 6.45) is 51.4. The molecule has 26 rings (SSSR count). The van der Waals surface area contributed by atoms with E-state index < -0.39 is 74.5 Å². The molecular formula is C124H194O25. The molecule has 26 aliphatic rings. The molecule has 149 heavy (non-hydrogen) atoms. The Bertz CT molecular complexity index is 4580. The quantitative estimate of drug-likeness (QED) is 0.0415. The molecule has 25 nitrogen and oxygen atoms in total. The van der Waals surface area contributed by atoms with Crippen LogP contribution in [0.5, 0.6) is 0 Å². The molecule has 0 heterocycles. The Balaban J connectivity index is 0.000000134. The molecule has 3 atom stereocenters. The first-order chi connectivity index (χ1) is 70.3. The first-order valence-corrected chi connectivity index (χ1v) is 60.3. The van der Waals surface area contributed by atoms with Crippen molar-refractivity contribution in [1.82, 2.24) is 0 Å². The van der Waals surface area contributed by atoms with E-state index in [2.05, 4.69) is 27.7 Å². The molecule has 26 fully saturated rings. The van der Waals surface area contributed by atoms with E-state index in [0.717, 1.165) is 184 Å². The van der Waals surface area contributed by atoms with Crippen molar-refractivity contribution in [3.63, 3.8) is 0 Å². The van der Waals surface area contributed by atoms with Crippen LogP contribution < -0.4 is 0 Å². The van der Waals surface area contributed by atoms with E-state index in [1.54, 1.807) is 13.8 Å². The number of ether oxygens (including phenoxy) is 13. The fourth-order valence-corrected chi connectivity index (χ4v) is 35.3. The minimum absolute atomic E-state index is 0.0399. The lowest BCUT2D eigenvalue weighted by atomic mass is 9.47. The molecule has 0 saturated heterocycles. The van der Waals surface area contributed by atoms with Crippen molar-refractivity contribution < 1.29 is 119 Å². The van der Waals surface area contributed by atoms with Crippen LogP contribution in [-0.4, -0.2) is 157 Å². The standard InChI is InChI=1S/C30H44O6.C27H44O5.C26H40O6.C21H34O4.C20H32O4/c1-4-28(2,3)26(32)34-16-25(31)36-30(23-9-18-5-19(11-23)12-24(30)10-18)17-35-27(33)29-13-20-6-21(14-29)8-22(7-20)15-29;1-6-24(4,5)23(29)32-27-16-20-13-21(17-27)15-26(14-20,18-27)30-19(3)22(28)31-25(7-2)11-9-8-10-12-25;1-4-24(2,3)22(28)30-16-21(27)32-26(8-6-5-7-9-26)17-31-23(29)25-13-18-10-19(14-25)12-20(11-18)15-25;1-6-20(4,5)19(23)24-12-18(22)25-21(13(2)3)16-8-14-7-15(10-16)11-17(21)9-14;1-5-19(3,4)18(22)23-12-17(21)24-20(6-2)15-8-13-7-14(10-15)11-16(20)9-13/h18-24H,4-17H2,1-3H3;19-21H,6-18H2,1-5H3;18-20H,4-17H2,1-3H3;13-17H,6-12H2,1-5H3;13-16H,5-12H2,1-4H3.